The first kappa shape index (κ1) is 47.1. The molecule has 8 nitrogen and oxygen atoms in total. The third kappa shape index (κ3) is 7.52. The Morgan fingerprint density at radius 3 is 0.964 bits per heavy atom. The Balaban J connectivity index is 0.00000441. The summed E-state index contributed by atoms with van der Waals surface area (Å²) in [7, 11) is 0. The molecule has 0 aromatic rings. The van der Waals surface area contributed by atoms with Crippen molar-refractivity contribution in [2.24, 2.45) is 47.3 Å². The van der Waals surface area contributed by atoms with Gasteiger partial charge in [0.1, 0.15) is 0 Å². The maximum Gasteiger partial charge on any atom is 2.00 e. The second-order valence-electron chi connectivity index (χ2n) is 16.7. The fourth-order valence-corrected chi connectivity index (χ4v) is 17.9. The number of hydrogen-bond donors (Lipinski definition) is 6. The number of halogens is 15. The van der Waals surface area contributed by atoms with Crippen LogP contribution in [0.2, 0.25) is 0 Å². The van der Waals surface area contributed by atoms with Crippen molar-refractivity contribution in [3.05, 3.63) is 10.6 Å². The molecule has 5 heterocycles. The van der Waals surface area contributed by atoms with E-state index in [2.05, 4.69) is 31.9 Å². The van der Waals surface area contributed by atoms with Gasteiger partial charge in [0, 0.05) is 23.7 Å². The van der Waals surface area contributed by atoms with Crippen molar-refractivity contribution < 1.29 is 17.1 Å². The van der Waals surface area contributed by atoms with Crippen molar-refractivity contribution in [2.45, 2.75) is 136 Å². The Kier molecular flexibility index (Phi) is 15.1. The van der Waals surface area contributed by atoms with Crippen LogP contribution in [0.1, 0.15) is 6.42 Å². The zero-order valence-corrected chi connectivity index (χ0v) is 40.8. The van der Waals surface area contributed by atoms with E-state index in [1.54, 1.807) is 0 Å². The van der Waals surface area contributed by atoms with E-state index in [4.69, 9.17) is 185 Å². The first-order valence-electron chi connectivity index (χ1n) is 18.6. The van der Waals surface area contributed by atoms with Crippen LogP contribution in [0.5, 0.6) is 0 Å². The van der Waals surface area contributed by atoms with Gasteiger partial charge in [0.05, 0.1) is 105 Å². The maximum absolute atomic E-state index is 7.24. The summed E-state index contributed by atoms with van der Waals surface area (Å²) < 4.78 is 0. The summed E-state index contributed by atoms with van der Waals surface area (Å²) in [5.74, 6) is -2.13. The molecule has 31 unspecified atom stereocenters. The molecular weight excluding hydrogens is 1090 g/mol. The molecule has 4 saturated carbocycles. The minimum atomic E-state index is -0.621. The van der Waals surface area contributed by atoms with Crippen LogP contribution in [0.4, 0.5) is 0 Å². The van der Waals surface area contributed by atoms with Crippen LogP contribution in [0.3, 0.4) is 0 Å². The second kappa shape index (κ2) is 18.0. The molecule has 323 valence electrons. The summed E-state index contributed by atoms with van der Waals surface area (Å²) >= 11 is 106. The molecule has 9 aliphatic rings. The Bertz CT molecular complexity index is 1440. The summed E-state index contributed by atoms with van der Waals surface area (Å²) in [5, 5.41) is 25.0. The number of alkyl halides is 15. The van der Waals surface area contributed by atoms with Crippen LogP contribution in [-0.2, 0) is 17.1 Å². The average Bonchev–Trinajstić information content (AvgIpc) is 3.89. The van der Waals surface area contributed by atoms with Gasteiger partial charge < -0.3 is 26.6 Å². The second-order valence-corrected chi connectivity index (χ2v) is 24.3. The number of nitrogens with zero attached hydrogens (tertiary/aromatic N) is 2. The molecule has 8 bridgehead atoms. The summed E-state index contributed by atoms with van der Waals surface area (Å²) in [4.78, 5) is 0. The SMILES string of the molecule is ClC1CC2C3[N-]C(NC4NC(NC5NC(NC6[N-]C(N3)C3C(Cl)C(Cl)C(Cl)C(Cl)C63)C3C(Cl)C(Cl)C(Cl)C(Cl)C53)C3C(Cl)C(Cl)C(Cl)C(Cl)C43)C2C(Cl)C1Cl.[Cu+2]. The minimum Gasteiger partial charge on any atom is -0.632 e. The quantitative estimate of drug-likeness (QED) is 0.112. The molecule has 24 heteroatoms. The summed E-state index contributed by atoms with van der Waals surface area (Å²) in [5.41, 5.74) is 0. The van der Waals surface area contributed by atoms with Crippen molar-refractivity contribution in [2.75, 3.05) is 0 Å². The molecule has 9 fully saturated rings. The number of nitrogens with one attached hydrogen (secondary N) is 6. The van der Waals surface area contributed by atoms with Gasteiger partial charge in [0.15, 0.2) is 0 Å². The van der Waals surface area contributed by atoms with E-state index in [0.717, 1.165) is 0 Å². The first-order valence-corrected chi connectivity index (χ1v) is 25.1. The molecule has 1 radical (unpaired) electrons. The Labute approximate surface area is 413 Å². The van der Waals surface area contributed by atoms with Crippen LogP contribution in [0, 0.1) is 47.3 Å². The molecule has 31 atom stereocenters. The zero-order valence-electron chi connectivity index (χ0n) is 28.5. The van der Waals surface area contributed by atoms with E-state index >= 15 is 0 Å². The molecule has 0 aromatic heterocycles. The summed E-state index contributed by atoms with van der Waals surface area (Å²) in [6.45, 7) is 0. The summed E-state index contributed by atoms with van der Waals surface area (Å²) in [6, 6.07) is 0. The molecule has 0 aromatic carbocycles. The Hall–Kier alpha value is 4.55. The van der Waals surface area contributed by atoms with Crippen molar-refractivity contribution in [1.82, 2.24) is 31.9 Å². The fraction of sp³-hybridized carbons (Fsp3) is 1.00. The fourth-order valence-electron chi connectivity index (χ4n) is 11.5. The van der Waals surface area contributed by atoms with Crippen LogP contribution in [0.15, 0.2) is 0 Å². The molecule has 5 saturated heterocycles. The summed E-state index contributed by atoms with van der Waals surface area (Å²) in [6.07, 6.45) is -3.14. The third-order valence-electron chi connectivity index (χ3n) is 14.1. The van der Waals surface area contributed by atoms with E-state index in [1.807, 2.05) is 0 Å². The van der Waals surface area contributed by atoms with E-state index in [-0.39, 0.29) is 69.8 Å². The van der Waals surface area contributed by atoms with Crippen molar-refractivity contribution >= 4 is 174 Å². The van der Waals surface area contributed by atoms with E-state index in [9.17, 15) is 0 Å². The van der Waals surface area contributed by atoms with Gasteiger partial charge in [-0.15, -0.1) is 174 Å². The third-order valence-corrected chi connectivity index (χ3v) is 23.7. The molecule has 4 aliphatic carbocycles. The van der Waals surface area contributed by atoms with Crippen LogP contribution >= 0.6 is 174 Å². The molecule has 5 aliphatic heterocycles. The van der Waals surface area contributed by atoms with Gasteiger partial charge in [0.2, 0.25) is 0 Å². The standard InChI is InChI=1S/C32H39Cl15N8.Cu/c33-3-1-2-4(12(35)11(3)34)26-48-25(2)49-27-5-6(14(37)20(43)19(42)13(5)36)29(51-27)53-31-9-10(18(41)24(47)23(46)17(9)40)32(55-31)54-30-8-7(28(50-26)52-30)15(38)21(44)22(45)16(8)39;/h2-32,49-50,52-55H,1H2;/q-2;+2. The monoisotopic (exact) mass is 1120 g/mol. The predicted octanol–water partition coefficient (Wildman–Crippen LogP) is 7.43. The van der Waals surface area contributed by atoms with Gasteiger partial charge in [-0.1, -0.05) is 24.7 Å². The van der Waals surface area contributed by atoms with Crippen molar-refractivity contribution in [3.8, 4) is 0 Å². The van der Waals surface area contributed by atoms with Gasteiger partial charge in [-0.3, -0.25) is 16.0 Å². The predicted molar refractivity (Wildman–Crippen MR) is 233 cm³/mol. The van der Waals surface area contributed by atoms with Gasteiger partial charge >= 0.3 is 17.1 Å². The van der Waals surface area contributed by atoms with Crippen molar-refractivity contribution in [3.63, 3.8) is 0 Å². The zero-order chi connectivity index (χ0) is 39.3. The Morgan fingerprint density at radius 2 is 0.571 bits per heavy atom. The number of rotatable bonds is 0. The number of fused-ring (bicyclic) bond motifs is 20. The molecule has 56 heavy (non-hydrogen) atoms. The number of hydrogen-bond acceptors (Lipinski definition) is 6. The van der Waals surface area contributed by atoms with Crippen LogP contribution < -0.4 is 31.9 Å². The van der Waals surface area contributed by atoms with Crippen LogP contribution in [0.25, 0.3) is 10.6 Å². The Morgan fingerprint density at radius 1 is 0.286 bits per heavy atom. The smallest absolute Gasteiger partial charge is 0.632 e. The van der Waals surface area contributed by atoms with E-state index < -0.39 is 125 Å². The largest absolute Gasteiger partial charge is 2.00 e. The van der Waals surface area contributed by atoms with Gasteiger partial charge in [0.25, 0.3) is 0 Å². The van der Waals surface area contributed by atoms with Gasteiger partial charge in [-0.25, -0.2) is 0 Å². The van der Waals surface area contributed by atoms with Gasteiger partial charge in [-0.2, -0.15) is 0 Å². The van der Waals surface area contributed by atoms with Crippen LogP contribution in [-0.4, -0.2) is 130 Å². The van der Waals surface area contributed by atoms with Crippen molar-refractivity contribution in [1.29, 1.82) is 0 Å². The van der Waals surface area contributed by atoms with Gasteiger partial charge in [-0.05, 0) is 30.1 Å². The van der Waals surface area contributed by atoms with E-state index in [1.165, 1.54) is 0 Å². The molecular formula is C32H39Cl15CuN8. The van der Waals surface area contributed by atoms with E-state index in [0.29, 0.717) is 6.42 Å². The average molecular weight is 1130 g/mol. The molecule has 6 N–H and O–H groups in total. The minimum absolute atomic E-state index is 0. The molecule has 9 rings (SSSR count). The molecule has 0 amide bonds. The first-order chi connectivity index (χ1) is 26.0. The normalized spacial score (nSPS) is 64.4. The topological polar surface area (TPSA) is 100 Å². The maximum atomic E-state index is 7.24. The molecule has 0 spiro atoms.